The van der Waals surface area contributed by atoms with Crippen molar-refractivity contribution in [1.29, 1.82) is 0 Å². The van der Waals surface area contributed by atoms with E-state index in [0.29, 0.717) is 18.1 Å². The minimum Gasteiger partial charge on any atom is -0.478 e. The molecule has 0 spiro atoms. The highest BCUT2D eigenvalue weighted by Gasteiger charge is 2.14. The molecule has 0 radical (unpaired) electrons. The molecule has 0 aliphatic carbocycles. The fourth-order valence-electron chi connectivity index (χ4n) is 2.03. The van der Waals surface area contributed by atoms with Crippen LogP contribution in [-0.2, 0) is 6.54 Å². The molecule has 0 aliphatic rings. The Morgan fingerprint density at radius 2 is 2.25 bits per heavy atom. The van der Waals surface area contributed by atoms with Crippen LogP contribution in [0, 0.1) is 6.92 Å². The number of anilines is 1. The number of carboxylic acids is 1. The fraction of sp³-hybridized carbons (Fsp3) is 0.143. The smallest absolute Gasteiger partial charge is 0.339 e. The van der Waals surface area contributed by atoms with Gasteiger partial charge in [0, 0.05) is 5.39 Å². The third-order valence-corrected chi connectivity index (χ3v) is 3.84. The van der Waals surface area contributed by atoms with Gasteiger partial charge in [0.05, 0.1) is 12.1 Å². The summed E-state index contributed by atoms with van der Waals surface area (Å²) in [5, 5.41) is 14.2. The van der Waals surface area contributed by atoms with Gasteiger partial charge in [0.1, 0.15) is 22.1 Å². The normalized spacial score (nSPS) is 10.8. The van der Waals surface area contributed by atoms with E-state index in [4.69, 9.17) is 9.52 Å². The summed E-state index contributed by atoms with van der Waals surface area (Å²) in [5.41, 5.74) is 1.15. The van der Waals surface area contributed by atoms with Gasteiger partial charge in [-0.2, -0.15) is 4.37 Å². The summed E-state index contributed by atoms with van der Waals surface area (Å²) in [7, 11) is 0. The number of nitrogens with one attached hydrogen (secondary N) is 1. The molecule has 0 saturated heterocycles. The zero-order valence-corrected chi connectivity index (χ0v) is 11.5. The average Bonchev–Trinajstić information content (AvgIpc) is 3.00. The number of hydrogen-bond donors (Lipinski definition) is 2. The van der Waals surface area contributed by atoms with E-state index in [0.717, 1.165) is 15.9 Å². The van der Waals surface area contributed by atoms with Crippen LogP contribution in [0.25, 0.3) is 10.9 Å². The summed E-state index contributed by atoms with van der Waals surface area (Å²) in [6.07, 6.45) is 0. The van der Waals surface area contributed by atoms with Crippen molar-refractivity contribution in [3.63, 3.8) is 0 Å². The van der Waals surface area contributed by atoms with Gasteiger partial charge in [0.25, 0.3) is 0 Å². The van der Waals surface area contributed by atoms with Crippen molar-refractivity contribution < 1.29 is 14.3 Å². The minimum atomic E-state index is -0.972. The lowest BCUT2D eigenvalue weighted by atomic mass is 10.2. The maximum atomic E-state index is 11.0. The van der Waals surface area contributed by atoms with Gasteiger partial charge in [-0.1, -0.05) is 12.1 Å². The molecule has 102 valence electrons. The number of fused-ring (bicyclic) bond motifs is 1. The SMILES string of the molecule is Cc1oc(CNc2snc3ccccc23)cc1C(=O)O. The quantitative estimate of drug-likeness (QED) is 0.768. The van der Waals surface area contributed by atoms with Gasteiger partial charge in [-0.15, -0.1) is 0 Å². The minimum absolute atomic E-state index is 0.205. The Balaban J connectivity index is 1.79. The molecule has 0 atom stereocenters. The van der Waals surface area contributed by atoms with E-state index in [1.165, 1.54) is 11.5 Å². The second-order valence-electron chi connectivity index (χ2n) is 4.37. The number of carbonyl (C=O) groups is 1. The molecule has 0 bridgehead atoms. The van der Waals surface area contributed by atoms with Crippen molar-refractivity contribution in [3.8, 4) is 0 Å². The molecule has 20 heavy (non-hydrogen) atoms. The Morgan fingerprint density at radius 1 is 1.45 bits per heavy atom. The van der Waals surface area contributed by atoms with E-state index in [2.05, 4.69) is 9.69 Å². The molecular weight excluding hydrogens is 276 g/mol. The van der Waals surface area contributed by atoms with Crippen LogP contribution in [0.4, 0.5) is 5.00 Å². The van der Waals surface area contributed by atoms with E-state index in [9.17, 15) is 4.79 Å². The molecule has 6 heteroatoms. The van der Waals surface area contributed by atoms with Crippen LogP contribution in [0.3, 0.4) is 0 Å². The van der Waals surface area contributed by atoms with Crippen LogP contribution in [-0.4, -0.2) is 15.4 Å². The molecule has 0 aliphatic heterocycles. The predicted octanol–water partition coefficient (Wildman–Crippen LogP) is 3.51. The maximum absolute atomic E-state index is 11.0. The number of rotatable bonds is 4. The molecule has 1 aromatic carbocycles. The third-order valence-electron chi connectivity index (χ3n) is 3.01. The van der Waals surface area contributed by atoms with Crippen molar-refractivity contribution in [3.05, 3.63) is 47.4 Å². The van der Waals surface area contributed by atoms with Crippen molar-refractivity contribution >= 4 is 33.4 Å². The molecule has 0 saturated carbocycles. The first-order valence-corrected chi connectivity index (χ1v) is 6.83. The van der Waals surface area contributed by atoms with Crippen molar-refractivity contribution in [2.24, 2.45) is 0 Å². The first-order valence-electron chi connectivity index (χ1n) is 6.06. The van der Waals surface area contributed by atoms with Gasteiger partial charge in [-0.25, -0.2) is 4.79 Å². The predicted molar refractivity (Wildman–Crippen MR) is 77.4 cm³/mol. The lowest BCUT2D eigenvalue weighted by molar-refractivity contribution is 0.0695. The molecule has 2 aromatic heterocycles. The Morgan fingerprint density at radius 3 is 3.00 bits per heavy atom. The van der Waals surface area contributed by atoms with Gasteiger partial charge < -0.3 is 14.8 Å². The van der Waals surface area contributed by atoms with Crippen molar-refractivity contribution in [2.75, 3.05) is 5.32 Å². The summed E-state index contributed by atoms with van der Waals surface area (Å²) >= 11 is 1.38. The second-order valence-corrected chi connectivity index (χ2v) is 5.14. The second kappa shape index (κ2) is 4.97. The molecule has 3 rings (SSSR count). The fourth-order valence-corrected chi connectivity index (χ4v) is 2.78. The summed E-state index contributed by atoms with van der Waals surface area (Å²) in [6, 6.07) is 9.41. The molecule has 0 amide bonds. The summed E-state index contributed by atoms with van der Waals surface area (Å²) in [6.45, 7) is 2.08. The maximum Gasteiger partial charge on any atom is 0.339 e. The zero-order valence-electron chi connectivity index (χ0n) is 10.7. The van der Waals surface area contributed by atoms with E-state index >= 15 is 0 Å². The third kappa shape index (κ3) is 2.25. The number of benzene rings is 1. The largest absolute Gasteiger partial charge is 0.478 e. The van der Waals surface area contributed by atoms with Crippen molar-refractivity contribution in [2.45, 2.75) is 13.5 Å². The number of aromatic carboxylic acids is 1. The van der Waals surface area contributed by atoms with Gasteiger partial charge in [-0.05, 0) is 36.7 Å². The molecule has 3 aromatic rings. The Hall–Kier alpha value is -2.34. The van der Waals surface area contributed by atoms with E-state index < -0.39 is 5.97 Å². The topological polar surface area (TPSA) is 75.4 Å². The Kier molecular flexibility index (Phi) is 3.15. The van der Waals surface area contributed by atoms with E-state index in [1.54, 1.807) is 13.0 Å². The molecule has 5 nitrogen and oxygen atoms in total. The lowest BCUT2D eigenvalue weighted by Gasteiger charge is -2.00. The summed E-state index contributed by atoms with van der Waals surface area (Å²) in [5.74, 6) is 0.0431. The van der Waals surface area contributed by atoms with Gasteiger partial charge in [0.2, 0.25) is 0 Å². The summed E-state index contributed by atoms with van der Waals surface area (Å²) < 4.78 is 9.76. The monoisotopic (exact) mass is 288 g/mol. The standard InChI is InChI=1S/C14H12N2O3S/c1-8-11(14(17)18)6-9(19-8)7-15-13-10-4-2-3-5-12(10)16-20-13/h2-6,15H,7H2,1H3,(H,17,18). The zero-order chi connectivity index (χ0) is 14.1. The number of hydrogen-bond acceptors (Lipinski definition) is 5. The van der Waals surface area contributed by atoms with E-state index in [1.807, 2.05) is 24.3 Å². The lowest BCUT2D eigenvalue weighted by Crippen LogP contribution is -1.97. The van der Waals surface area contributed by atoms with Crippen LogP contribution in [0.5, 0.6) is 0 Å². The molecule has 2 N–H and O–H groups in total. The number of carboxylic acid groups (broad SMARTS) is 1. The average molecular weight is 288 g/mol. The first kappa shape index (κ1) is 12.7. The highest BCUT2D eigenvalue weighted by atomic mass is 32.1. The van der Waals surface area contributed by atoms with Crippen LogP contribution < -0.4 is 5.32 Å². The molecule has 0 fully saturated rings. The van der Waals surface area contributed by atoms with Crippen LogP contribution >= 0.6 is 11.5 Å². The number of furan rings is 1. The van der Waals surface area contributed by atoms with Crippen LogP contribution in [0.1, 0.15) is 21.9 Å². The Bertz CT molecular complexity index is 776. The van der Waals surface area contributed by atoms with Gasteiger partial charge in [0.15, 0.2) is 0 Å². The molecular formula is C14H12N2O3S. The first-order chi connectivity index (χ1) is 9.65. The number of aromatic nitrogens is 1. The van der Waals surface area contributed by atoms with Gasteiger partial charge >= 0.3 is 5.97 Å². The van der Waals surface area contributed by atoms with Crippen LogP contribution in [0.2, 0.25) is 0 Å². The van der Waals surface area contributed by atoms with Crippen molar-refractivity contribution in [1.82, 2.24) is 4.37 Å². The Labute approximate surface area is 119 Å². The van der Waals surface area contributed by atoms with Crippen LogP contribution in [0.15, 0.2) is 34.7 Å². The molecule has 2 heterocycles. The van der Waals surface area contributed by atoms with E-state index in [-0.39, 0.29) is 5.56 Å². The molecule has 0 unspecified atom stereocenters. The number of nitrogens with zero attached hydrogens (tertiary/aromatic N) is 1. The summed E-state index contributed by atoms with van der Waals surface area (Å²) in [4.78, 5) is 11.0. The number of aryl methyl sites for hydroxylation is 1. The van der Waals surface area contributed by atoms with Gasteiger partial charge in [-0.3, -0.25) is 0 Å². The highest BCUT2D eigenvalue weighted by Crippen LogP contribution is 2.28. The highest BCUT2D eigenvalue weighted by molar-refractivity contribution is 7.11.